The minimum absolute atomic E-state index is 0.459. The molecule has 0 radical (unpaired) electrons. The molecule has 552 valence electrons. The predicted molar refractivity (Wildman–Crippen MR) is 478 cm³/mol. The number of nitrogens with zero attached hydrogens (tertiary/aromatic N) is 2. The Morgan fingerprint density at radius 3 is 0.870 bits per heavy atom. The van der Waals surface area contributed by atoms with Crippen molar-refractivity contribution in [1.29, 1.82) is 0 Å². The van der Waals surface area contributed by atoms with E-state index in [0.29, 0.717) is 13.2 Å². The molecule has 0 heterocycles. The molecule has 115 heavy (non-hydrogen) atoms. The lowest BCUT2D eigenvalue weighted by molar-refractivity contribution is 0.301. The summed E-state index contributed by atoms with van der Waals surface area (Å²) in [5.41, 5.74) is 34.7. The molecule has 0 saturated heterocycles. The molecule has 4 aliphatic carbocycles. The van der Waals surface area contributed by atoms with E-state index < -0.39 is 16.2 Å². The molecule has 0 aliphatic heterocycles. The van der Waals surface area contributed by atoms with Crippen molar-refractivity contribution in [3.8, 4) is 78.3 Å². The molecule has 4 nitrogen and oxygen atoms in total. The first kappa shape index (κ1) is 70.3. The van der Waals surface area contributed by atoms with Crippen LogP contribution >= 0.6 is 0 Å². The lowest BCUT2D eigenvalue weighted by Gasteiger charge is -2.35. The second kappa shape index (κ2) is 29.7. The highest BCUT2D eigenvalue weighted by atomic mass is 16.5. The van der Waals surface area contributed by atoms with E-state index in [1.54, 1.807) is 0 Å². The molecule has 4 aliphatic rings. The van der Waals surface area contributed by atoms with Gasteiger partial charge in [0.15, 0.2) is 0 Å². The smallest absolute Gasteiger partial charge is 0.119 e. The molecule has 16 aromatic carbocycles. The Morgan fingerprint density at radius 2 is 0.513 bits per heavy atom. The summed E-state index contributed by atoms with van der Waals surface area (Å²) >= 11 is 0. The van der Waals surface area contributed by atoms with Crippen LogP contribution in [0, 0.1) is 0 Å². The van der Waals surface area contributed by atoms with Crippen molar-refractivity contribution in [2.45, 2.75) is 54.8 Å². The first-order valence-electron chi connectivity index (χ1n) is 40.6. The van der Waals surface area contributed by atoms with E-state index in [1.807, 2.05) is 36.4 Å². The maximum absolute atomic E-state index is 6.45. The van der Waals surface area contributed by atoms with E-state index in [4.69, 9.17) is 9.47 Å². The summed E-state index contributed by atoms with van der Waals surface area (Å²) < 4.78 is 12.9. The third-order valence-corrected chi connectivity index (χ3v) is 25.0. The molecule has 16 aromatic rings. The van der Waals surface area contributed by atoms with Gasteiger partial charge in [-0.3, -0.25) is 0 Å². The summed E-state index contributed by atoms with van der Waals surface area (Å²) in [6.07, 6.45) is 9.21. The monoisotopic (exact) mass is 1480 g/mol. The fourth-order valence-electron chi connectivity index (χ4n) is 19.8. The van der Waals surface area contributed by atoms with Crippen LogP contribution in [0.25, 0.3) is 78.9 Å². The van der Waals surface area contributed by atoms with Gasteiger partial charge in [0, 0.05) is 45.0 Å². The Morgan fingerprint density at radius 1 is 0.235 bits per heavy atom. The second-order valence-corrected chi connectivity index (χ2v) is 31.0. The Balaban J connectivity index is 0.747. The zero-order valence-electron chi connectivity index (χ0n) is 64.4. The van der Waals surface area contributed by atoms with Gasteiger partial charge >= 0.3 is 0 Å². The van der Waals surface area contributed by atoms with Crippen molar-refractivity contribution in [2.24, 2.45) is 0 Å². The van der Waals surface area contributed by atoms with Crippen molar-refractivity contribution in [2.75, 3.05) is 23.0 Å². The molecule has 1 spiro atoms. The normalized spacial score (nSPS) is 15.9. The van der Waals surface area contributed by atoms with E-state index >= 15 is 0 Å². The molecule has 0 fully saturated rings. The van der Waals surface area contributed by atoms with Gasteiger partial charge in [-0.1, -0.05) is 316 Å². The molecule has 0 saturated carbocycles. The van der Waals surface area contributed by atoms with Gasteiger partial charge in [0.25, 0.3) is 0 Å². The Bertz CT molecular complexity index is 5920. The third kappa shape index (κ3) is 12.0. The standard InChI is InChI=1S/C111H86N2O2/c1-3-77-45-61-91(62-46-77)114-71-27-25-69-109(83-33-13-7-14-34-83)101-41-21-17-37-93(101)97-65-57-87(73-105(97)109)112(85-53-49-81(50-54-85)79-29-9-5-10-30-79)89-59-67-99-95-39-19-23-43-103(95)111(107(99)75-89)104-44-24-20-40-96(104)100-68-60-90(76-108(100)111)113(86-55-51-82(52-56-86)80-31-11-6-12-32-80)88-58-66-98-94-38-18-22-42-102(94)110(106(98)74-88,84-35-15-8-16-36-84)70-26-28-72-115-92-63-47-78(4-2)48-64-92/h3-24,29-68,73-76H,1-2,25-28,69-72H2. The van der Waals surface area contributed by atoms with Gasteiger partial charge in [-0.15, -0.1) is 0 Å². The molecule has 2 unspecified atom stereocenters. The summed E-state index contributed by atoms with van der Waals surface area (Å²) in [6.45, 7) is 9.17. The molecule has 0 bridgehead atoms. The molecular weight excluding hydrogens is 1390 g/mol. The highest BCUT2D eigenvalue weighted by Crippen LogP contribution is 2.65. The van der Waals surface area contributed by atoms with Crippen LogP contribution in [0.1, 0.15) is 105 Å². The lowest BCUT2D eigenvalue weighted by atomic mass is 9.69. The average Bonchev–Trinajstić information content (AvgIpc) is 1.51. The largest absolute Gasteiger partial charge is 0.494 e. The molecule has 4 heteroatoms. The molecular formula is C111H86N2O2. The third-order valence-electron chi connectivity index (χ3n) is 25.0. The van der Waals surface area contributed by atoms with Gasteiger partial charge in [-0.25, -0.2) is 0 Å². The summed E-state index contributed by atoms with van der Waals surface area (Å²) in [7, 11) is 0. The number of hydrogen-bond donors (Lipinski definition) is 0. The number of rotatable bonds is 24. The minimum Gasteiger partial charge on any atom is -0.494 e. The predicted octanol–water partition coefficient (Wildman–Crippen LogP) is 28.7. The second-order valence-electron chi connectivity index (χ2n) is 31.0. The van der Waals surface area contributed by atoms with Crippen LogP contribution in [-0.4, -0.2) is 13.2 Å². The number of benzene rings is 16. The molecule has 0 N–H and O–H groups in total. The topological polar surface area (TPSA) is 24.9 Å². The van der Waals surface area contributed by atoms with Gasteiger partial charge < -0.3 is 19.3 Å². The van der Waals surface area contributed by atoms with Crippen LogP contribution in [0.5, 0.6) is 11.5 Å². The van der Waals surface area contributed by atoms with Crippen molar-refractivity contribution in [3.05, 3.63) is 468 Å². The maximum Gasteiger partial charge on any atom is 0.119 e. The van der Waals surface area contributed by atoms with Gasteiger partial charge in [0.1, 0.15) is 11.5 Å². The lowest BCUT2D eigenvalue weighted by Crippen LogP contribution is -2.28. The van der Waals surface area contributed by atoms with E-state index in [1.165, 1.54) is 122 Å². The van der Waals surface area contributed by atoms with Crippen LogP contribution in [0.4, 0.5) is 34.1 Å². The highest BCUT2D eigenvalue weighted by Gasteiger charge is 2.53. The summed E-state index contributed by atoms with van der Waals surface area (Å²) in [5, 5.41) is 0. The van der Waals surface area contributed by atoms with Crippen molar-refractivity contribution in [1.82, 2.24) is 0 Å². The summed E-state index contributed by atoms with van der Waals surface area (Å²) in [6, 6.07) is 145. The number of ether oxygens (including phenoxy) is 2. The number of hydrogen-bond acceptors (Lipinski definition) is 4. The fourth-order valence-corrected chi connectivity index (χ4v) is 19.8. The Kier molecular flexibility index (Phi) is 18.2. The molecule has 0 amide bonds. The fraction of sp³-hybridized carbons (Fsp3) is 0.0991. The van der Waals surface area contributed by atoms with Gasteiger partial charge in [0.05, 0.1) is 18.6 Å². The summed E-state index contributed by atoms with van der Waals surface area (Å²) in [4.78, 5) is 5.07. The van der Waals surface area contributed by atoms with E-state index in [9.17, 15) is 0 Å². The van der Waals surface area contributed by atoms with Crippen LogP contribution in [0.3, 0.4) is 0 Å². The van der Waals surface area contributed by atoms with Gasteiger partial charge in [-0.2, -0.15) is 0 Å². The molecule has 0 aromatic heterocycles. The highest BCUT2D eigenvalue weighted by molar-refractivity contribution is 5.99. The van der Waals surface area contributed by atoms with Crippen molar-refractivity contribution < 1.29 is 9.47 Å². The first-order chi connectivity index (χ1) is 56.9. The van der Waals surface area contributed by atoms with Crippen LogP contribution in [0.2, 0.25) is 0 Å². The first-order valence-corrected chi connectivity index (χ1v) is 40.6. The quantitative estimate of drug-likeness (QED) is 0.0563. The van der Waals surface area contributed by atoms with Crippen LogP contribution in [-0.2, 0) is 16.2 Å². The van der Waals surface area contributed by atoms with E-state index in [-0.39, 0.29) is 0 Å². The number of unbranched alkanes of at least 4 members (excludes halogenated alkanes) is 2. The van der Waals surface area contributed by atoms with E-state index in [0.717, 1.165) is 95.3 Å². The Hall–Kier alpha value is -13.8. The minimum atomic E-state index is -0.739. The Labute approximate surface area is 675 Å². The SMILES string of the molecule is C=Cc1ccc(OCCCCC2(c3ccccc3)c3ccccc3-c3ccc(N(c4ccc(-c5ccccc5)cc4)c4ccc5c(c4)C4(c6ccccc6-5)c5ccccc5-c5ccc(N(c6ccc(-c7ccccc7)cc6)c6ccc7c(c6)C(CCCCOc6ccc(C=C)cc6)(c6ccccc6)c6ccccc6-7)cc54)cc32)cc1. The van der Waals surface area contributed by atoms with E-state index in [2.05, 4.69) is 387 Å². The molecule has 2 atom stereocenters. The molecule has 20 rings (SSSR count). The zero-order valence-corrected chi connectivity index (χ0v) is 64.4. The van der Waals surface area contributed by atoms with Crippen LogP contribution < -0.4 is 19.3 Å². The summed E-state index contributed by atoms with van der Waals surface area (Å²) in [5.74, 6) is 1.75. The number of anilines is 6. The van der Waals surface area contributed by atoms with Crippen LogP contribution in [0.15, 0.2) is 401 Å². The van der Waals surface area contributed by atoms with Crippen molar-refractivity contribution >= 4 is 46.3 Å². The van der Waals surface area contributed by atoms with Gasteiger partial charge in [0.2, 0.25) is 0 Å². The number of fused-ring (bicyclic) bond motifs is 16. The van der Waals surface area contributed by atoms with Crippen molar-refractivity contribution in [3.63, 3.8) is 0 Å². The van der Waals surface area contributed by atoms with Gasteiger partial charge in [-0.05, 0) is 269 Å². The maximum atomic E-state index is 6.45. The average molecular weight is 1480 g/mol. The zero-order chi connectivity index (χ0) is 76.9.